The van der Waals surface area contributed by atoms with Crippen molar-refractivity contribution in [2.75, 3.05) is 7.11 Å². The molecule has 0 bridgehead atoms. The highest BCUT2D eigenvalue weighted by molar-refractivity contribution is 6.91. The Morgan fingerprint density at radius 3 is 2.32 bits per heavy atom. The lowest BCUT2D eigenvalue weighted by Gasteiger charge is -2.31. The Balaban J connectivity index is 1.66. The summed E-state index contributed by atoms with van der Waals surface area (Å²) in [5.41, 5.74) is 2.57. The Morgan fingerprint density at radius 1 is 1.05 bits per heavy atom. The largest absolute Gasteiger partial charge is 0.497 e. The summed E-state index contributed by atoms with van der Waals surface area (Å²) in [4.78, 5) is 26.8. The number of amides is 1. The summed E-state index contributed by atoms with van der Waals surface area (Å²) < 4.78 is 20.5. The van der Waals surface area contributed by atoms with E-state index in [-0.39, 0.29) is 29.7 Å². The number of nitrogens with zero attached hydrogens (tertiary/aromatic N) is 1. The van der Waals surface area contributed by atoms with Crippen LogP contribution in [-0.2, 0) is 11.2 Å². The van der Waals surface area contributed by atoms with Gasteiger partial charge in [-0.25, -0.2) is 4.39 Å². The minimum atomic E-state index is -2.12. The van der Waals surface area contributed by atoms with Crippen LogP contribution in [0.1, 0.15) is 28.5 Å². The van der Waals surface area contributed by atoms with E-state index in [2.05, 4.69) is 18.4 Å². The number of aromatic nitrogens is 1. The van der Waals surface area contributed by atoms with Crippen LogP contribution in [0.2, 0.25) is 18.1 Å². The van der Waals surface area contributed by atoms with Crippen molar-refractivity contribution in [1.29, 1.82) is 0 Å². The average Bonchev–Trinajstić information content (AvgIpc) is 3.14. The Morgan fingerprint density at radius 2 is 1.70 bits per heavy atom. The van der Waals surface area contributed by atoms with Gasteiger partial charge in [0, 0.05) is 27.3 Å². The molecule has 1 aromatic heterocycles. The Bertz CT molecular complexity index is 1460. The lowest BCUT2D eigenvalue weighted by Crippen LogP contribution is -2.58. The van der Waals surface area contributed by atoms with Crippen LogP contribution in [0.4, 0.5) is 4.39 Å². The van der Waals surface area contributed by atoms with Gasteiger partial charge in [0.05, 0.1) is 19.0 Å². The highest BCUT2D eigenvalue weighted by Gasteiger charge is 2.32. The fourth-order valence-corrected chi connectivity index (χ4v) is 6.73. The van der Waals surface area contributed by atoms with Gasteiger partial charge in [-0.2, -0.15) is 0 Å². The number of hydrogen-bond donors (Lipinski definition) is 1. The van der Waals surface area contributed by atoms with Crippen LogP contribution in [0.25, 0.3) is 10.9 Å². The van der Waals surface area contributed by atoms with Gasteiger partial charge in [0.2, 0.25) is 5.91 Å². The number of carbonyl (C=O) groups is 2. The first-order valence-corrected chi connectivity index (χ1v) is 15.5. The van der Waals surface area contributed by atoms with E-state index in [1.165, 1.54) is 12.1 Å². The maximum Gasteiger partial charge on any atom is 0.262 e. The molecule has 8 heteroatoms. The quantitative estimate of drug-likeness (QED) is 0.311. The van der Waals surface area contributed by atoms with Gasteiger partial charge in [-0.15, -0.1) is 0 Å². The number of benzene rings is 3. The third-order valence-corrected chi connectivity index (χ3v) is 11.6. The first kappa shape index (κ1) is 26.6. The summed E-state index contributed by atoms with van der Waals surface area (Å²) in [6, 6.07) is 18.8. The van der Waals surface area contributed by atoms with Gasteiger partial charge in [0.15, 0.2) is 0 Å². The Hall–Kier alpha value is -3.42. The number of hydrogen-bond acceptors (Lipinski definition) is 3. The molecule has 0 aliphatic carbocycles. The Kier molecular flexibility index (Phi) is 7.57. The summed E-state index contributed by atoms with van der Waals surface area (Å²) >= 11 is 6.01. The summed E-state index contributed by atoms with van der Waals surface area (Å²) in [7, 11) is -0.534. The average molecular weight is 537 g/mol. The molecule has 37 heavy (non-hydrogen) atoms. The molecule has 0 saturated carbocycles. The van der Waals surface area contributed by atoms with Crippen LogP contribution in [0.3, 0.4) is 0 Å². The molecule has 5 nitrogen and oxygen atoms in total. The van der Waals surface area contributed by atoms with Gasteiger partial charge < -0.3 is 10.1 Å². The Labute approximate surface area is 222 Å². The first-order valence-electron chi connectivity index (χ1n) is 12.1. The summed E-state index contributed by atoms with van der Waals surface area (Å²) in [5.74, 6) is 0.0254. The highest BCUT2D eigenvalue weighted by atomic mass is 35.5. The van der Waals surface area contributed by atoms with Crippen LogP contribution in [0.5, 0.6) is 5.75 Å². The van der Waals surface area contributed by atoms with Gasteiger partial charge in [-0.1, -0.05) is 42.0 Å². The lowest BCUT2D eigenvalue weighted by molar-refractivity contribution is -0.120. The molecule has 0 aliphatic rings. The van der Waals surface area contributed by atoms with Crippen LogP contribution < -0.4 is 15.2 Å². The predicted molar refractivity (Wildman–Crippen MR) is 149 cm³/mol. The van der Waals surface area contributed by atoms with Gasteiger partial charge >= 0.3 is 0 Å². The minimum Gasteiger partial charge on any atom is -0.497 e. The molecule has 1 heterocycles. The molecule has 0 saturated heterocycles. The van der Waals surface area contributed by atoms with Crippen molar-refractivity contribution in [2.45, 2.75) is 39.0 Å². The molecule has 1 amide bonds. The number of nitrogens with one attached hydrogen (secondary N) is 1. The standard InChI is InChI=1S/C29H30ClFN2O3Si/c1-18-25(17-28(34)32-19(2)37(4,5)24-13-10-22(31)11-14-24)26-16-23(36-3)12-15-27(26)33(18)29(35)20-6-8-21(30)9-7-20/h6-16,19H,17H2,1-5H3,(H,32,34). The second kappa shape index (κ2) is 10.5. The molecule has 0 radical (unpaired) electrons. The third-order valence-electron chi connectivity index (χ3n) is 7.22. The molecule has 1 unspecified atom stereocenters. The molecule has 4 rings (SSSR count). The molecule has 1 atom stereocenters. The lowest BCUT2D eigenvalue weighted by atomic mass is 10.1. The predicted octanol–water partition coefficient (Wildman–Crippen LogP) is 5.64. The number of rotatable bonds is 7. The number of ether oxygens (including phenoxy) is 1. The van der Waals surface area contributed by atoms with E-state index in [1.54, 1.807) is 54.1 Å². The first-order chi connectivity index (χ1) is 17.5. The van der Waals surface area contributed by atoms with Crippen molar-refractivity contribution >= 4 is 47.6 Å². The fraction of sp³-hybridized carbons (Fsp3) is 0.241. The zero-order valence-corrected chi connectivity index (χ0v) is 23.3. The van der Waals surface area contributed by atoms with E-state index in [0.29, 0.717) is 27.5 Å². The smallest absolute Gasteiger partial charge is 0.262 e. The molecule has 0 fully saturated rings. The van der Waals surface area contributed by atoms with Crippen molar-refractivity contribution in [3.8, 4) is 5.75 Å². The van der Waals surface area contributed by atoms with Crippen molar-refractivity contribution in [2.24, 2.45) is 0 Å². The molecular weight excluding hydrogens is 507 g/mol. The van der Waals surface area contributed by atoms with Gasteiger partial charge in [-0.3, -0.25) is 14.2 Å². The fourth-order valence-electron chi connectivity index (χ4n) is 4.56. The van der Waals surface area contributed by atoms with Crippen LogP contribution in [-0.4, -0.2) is 37.2 Å². The summed E-state index contributed by atoms with van der Waals surface area (Å²) in [6.07, 6.45) is 0.106. The maximum absolute atomic E-state index is 13.5. The van der Waals surface area contributed by atoms with E-state index < -0.39 is 8.07 Å². The molecule has 4 aromatic rings. The van der Waals surface area contributed by atoms with Gasteiger partial charge in [-0.05, 0) is 74.0 Å². The normalized spacial score (nSPS) is 12.4. The second-order valence-electron chi connectivity index (χ2n) is 9.79. The summed E-state index contributed by atoms with van der Waals surface area (Å²) in [6.45, 7) is 8.15. The maximum atomic E-state index is 13.5. The van der Waals surface area contributed by atoms with Crippen LogP contribution in [0, 0.1) is 12.7 Å². The van der Waals surface area contributed by atoms with Crippen molar-refractivity contribution < 1.29 is 18.7 Å². The summed E-state index contributed by atoms with van der Waals surface area (Å²) in [5, 5.41) is 5.57. The molecule has 0 spiro atoms. The van der Waals surface area contributed by atoms with Crippen LogP contribution in [0.15, 0.2) is 66.7 Å². The second-order valence-corrected chi connectivity index (χ2v) is 15.1. The number of fused-ring (bicyclic) bond motifs is 1. The third kappa shape index (κ3) is 5.33. The van der Waals surface area contributed by atoms with Gasteiger partial charge in [0.1, 0.15) is 19.6 Å². The van der Waals surface area contributed by atoms with Crippen molar-refractivity contribution in [1.82, 2.24) is 9.88 Å². The topological polar surface area (TPSA) is 60.3 Å². The molecular formula is C29H30ClFN2O3Si. The van der Waals surface area contributed by atoms with Crippen molar-refractivity contribution in [3.63, 3.8) is 0 Å². The zero-order valence-electron chi connectivity index (χ0n) is 21.6. The molecule has 192 valence electrons. The van der Waals surface area contributed by atoms with E-state index in [0.717, 1.165) is 16.1 Å². The molecule has 1 N–H and O–H groups in total. The number of methoxy groups -OCH3 is 1. The van der Waals surface area contributed by atoms with Crippen LogP contribution >= 0.6 is 11.6 Å². The minimum absolute atomic E-state index is 0.0932. The van der Waals surface area contributed by atoms with Crippen molar-refractivity contribution in [3.05, 3.63) is 94.4 Å². The van der Waals surface area contributed by atoms with E-state index in [4.69, 9.17) is 16.3 Å². The molecule has 3 aromatic carbocycles. The highest BCUT2D eigenvalue weighted by Crippen LogP contribution is 2.31. The van der Waals surface area contributed by atoms with E-state index >= 15 is 0 Å². The zero-order chi connectivity index (χ0) is 26.9. The van der Waals surface area contributed by atoms with Gasteiger partial charge in [0.25, 0.3) is 5.91 Å². The monoisotopic (exact) mass is 536 g/mol. The number of halogens is 2. The SMILES string of the molecule is COc1ccc2c(c1)c(CC(=O)NC(C)[Si](C)(C)c1ccc(F)cc1)c(C)n2C(=O)c1ccc(Cl)cc1. The van der Waals surface area contributed by atoms with E-state index in [9.17, 15) is 14.0 Å². The molecule has 0 aliphatic heterocycles. The number of carbonyl (C=O) groups excluding carboxylic acids is 2. The van der Waals surface area contributed by atoms with E-state index in [1.807, 2.05) is 26.0 Å².